The van der Waals surface area contributed by atoms with E-state index >= 15 is 0 Å². The second kappa shape index (κ2) is 5.54. The minimum absolute atomic E-state index is 0.0637. The number of pyridine rings is 1. The van der Waals surface area contributed by atoms with Gasteiger partial charge in [-0.2, -0.15) is 0 Å². The van der Waals surface area contributed by atoms with Crippen LogP contribution >= 0.6 is 11.6 Å². The fourth-order valence-electron chi connectivity index (χ4n) is 1.87. The molecule has 1 fully saturated rings. The molecule has 1 heterocycles. The molecular weight excluding hydrogens is 254 g/mol. The Kier molecular flexibility index (Phi) is 4.04. The number of hydrogen-bond donors (Lipinski definition) is 2. The van der Waals surface area contributed by atoms with Gasteiger partial charge in [0, 0.05) is 19.3 Å². The average molecular weight is 270 g/mol. The van der Waals surface area contributed by atoms with Crippen molar-refractivity contribution in [2.75, 3.05) is 18.5 Å². The zero-order valence-electron chi connectivity index (χ0n) is 10.1. The molecule has 0 radical (unpaired) electrons. The highest BCUT2D eigenvalue weighted by Crippen LogP contribution is 2.19. The molecule has 0 aromatic carbocycles. The number of rotatable bonds is 4. The van der Waals surface area contributed by atoms with Crippen molar-refractivity contribution in [1.82, 2.24) is 10.3 Å². The lowest BCUT2D eigenvalue weighted by Gasteiger charge is -2.32. The molecule has 2 N–H and O–H groups in total. The monoisotopic (exact) mass is 269 g/mol. The van der Waals surface area contributed by atoms with Crippen molar-refractivity contribution in [3.63, 3.8) is 0 Å². The third kappa shape index (κ3) is 3.34. The van der Waals surface area contributed by atoms with Crippen LogP contribution in [0.3, 0.4) is 0 Å². The quantitative estimate of drug-likeness (QED) is 0.849. The Bertz CT molecular complexity index is 418. The maximum Gasteiger partial charge on any atom is 0.239 e. The number of aromatic nitrogens is 1. The fraction of sp³-hybridized carbons (Fsp3) is 0.500. The van der Waals surface area contributed by atoms with Gasteiger partial charge in [0.05, 0.1) is 17.7 Å². The molecule has 2 rings (SSSR count). The zero-order chi connectivity index (χ0) is 13.1. The molecule has 0 saturated heterocycles. The van der Waals surface area contributed by atoms with Crippen molar-refractivity contribution in [2.24, 2.45) is 0 Å². The first-order valence-electron chi connectivity index (χ1n) is 5.84. The summed E-state index contributed by atoms with van der Waals surface area (Å²) >= 11 is 5.75. The van der Waals surface area contributed by atoms with Gasteiger partial charge in [-0.05, 0) is 25.0 Å². The molecule has 5 nitrogen and oxygen atoms in total. The maximum atomic E-state index is 11.7. The molecule has 18 heavy (non-hydrogen) atoms. The predicted octanol–water partition coefficient (Wildman–Crippen LogP) is 0.811. The summed E-state index contributed by atoms with van der Waals surface area (Å²) in [7, 11) is 1.80. The highest BCUT2D eigenvalue weighted by atomic mass is 35.5. The lowest BCUT2D eigenvalue weighted by Crippen LogP contribution is -2.49. The van der Waals surface area contributed by atoms with Gasteiger partial charge < -0.3 is 15.3 Å². The first kappa shape index (κ1) is 13.1. The van der Waals surface area contributed by atoms with Gasteiger partial charge in [-0.3, -0.25) is 4.79 Å². The molecule has 6 heteroatoms. The molecule has 1 aliphatic rings. The summed E-state index contributed by atoms with van der Waals surface area (Å²) in [5, 5.41) is 12.6. The fourth-order valence-corrected chi connectivity index (χ4v) is 1.98. The van der Waals surface area contributed by atoms with Gasteiger partial charge >= 0.3 is 0 Å². The van der Waals surface area contributed by atoms with Crippen molar-refractivity contribution in [3.05, 3.63) is 23.4 Å². The van der Waals surface area contributed by atoms with E-state index in [4.69, 9.17) is 16.7 Å². The van der Waals surface area contributed by atoms with E-state index in [2.05, 4.69) is 10.3 Å². The van der Waals surface area contributed by atoms with Crippen LogP contribution in [0.15, 0.2) is 18.3 Å². The van der Waals surface area contributed by atoms with Crippen molar-refractivity contribution in [2.45, 2.75) is 25.0 Å². The molecule has 0 unspecified atom stereocenters. The number of carbonyl (C=O) groups excluding carboxylic acids is 1. The van der Waals surface area contributed by atoms with Crippen LogP contribution in [0.2, 0.25) is 5.02 Å². The number of likely N-dealkylation sites (N-methyl/N-ethyl adjacent to an activating group) is 1. The normalized spacial score (nSPS) is 22.2. The summed E-state index contributed by atoms with van der Waals surface area (Å²) in [4.78, 5) is 17.6. The molecule has 0 bridgehead atoms. The Balaban J connectivity index is 1.81. The van der Waals surface area contributed by atoms with Gasteiger partial charge in [-0.1, -0.05) is 11.6 Å². The predicted molar refractivity (Wildman–Crippen MR) is 69.7 cm³/mol. The third-order valence-electron chi connectivity index (χ3n) is 2.96. The van der Waals surface area contributed by atoms with Crippen LogP contribution in [0.4, 0.5) is 5.82 Å². The van der Waals surface area contributed by atoms with Crippen LogP contribution < -0.4 is 10.2 Å². The van der Waals surface area contributed by atoms with Gasteiger partial charge in [-0.25, -0.2) is 4.98 Å². The van der Waals surface area contributed by atoms with E-state index in [0.29, 0.717) is 23.7 Å². The SMILES string of the molecule is CN(CC(=O)NC1CC(O)C1)c1ccc(Cl)cn1. The number of aliphatic hydroxyl groups is 1. The molecule has 98 valence electrons. The molecular formula is C12H16ClN3O2. The standard InChI is InChI=1S/C12H16ClN3O2/c1-16(11-3-2-8(13)6-14-11)7-12(18)15-9-4-10(17)5-9/h2-3,6,9-10,17H,4-5,7H2,1H3,(H,15,18). The van der Waals surface area contributed by atoms with E-state index in [1.165, 1.54) is 0 Å². The van der Waals surface area contributed by atoms with Crippen LogP contribution in [0.25, 0.3) is 0 Å². The van der Waals surface area contributed by atoms with Gasteiger partial charge in [-0.15, -0.1) is 0 Å². The molecule has 0 atom stereocenters. The number of anilines is 1. The van der Waals surface area contributed by atoms with Crippen molar-refractivity contribution in [3.8, 4) is 0 Å². The molecule has 1 aromatic heterocycles. The lowest BCUT2D eigenvalue weighted by atomic mass is 9.89. The Morgan fingerprint density at radius 1 is 1.61 bits per heavy atom. The van der Waals surface area contributed by atoms with E-state index in [1.54, 1.807) is 30.3 Å². The summed E-state index contributed by atoms with van der Waals surface area (Å²) in [6, 6.07) is 3.61. The van der Waals surface area contributed by atoms with Crippen LogP contribution in [0.5, 0.6) is 0 Å². The maximum absolute atomic E-state index is 11.7. The topological polar surface area (TPSA) is 65.5 Å². The second-order valence-electron chi connectivity index (χ2n) is 4.58. The molecule has 1 amide bonds. The summed E-state index contributed by atoms with van der Waals surface area (Å²) in [6.07, 6.45) is 2.59. The smallest absolute Gasteiger partial charge is 0.239 e. The average Bonchev–Trinajstić information content (AvgIpc) is 2.27. The lowest BCUT2D eigenvalue weighted by molar-refractivity contribution is -0.121. The first-order chi connectivity index (χ1) is 8.54. The highest BCUT2D eigenvalue weighted by molar-refractivity contribution is 6.30. The van der Waals surface area contributed by atoms with Crippen LogP contribution in [-0.4, -0.2) is 41.7 Å². The van der Waals surface area contributed by atoms with Crippen LogP contribution in [0.1, 0.15) is 12.8 Å². The Labute approximate surface area is 111 Å². The summed E-state index contributed by atoms with van der Waals surface area (Å²) in [6.45, 7) is 0.237. The summed E-state index contributed by atoms with van der Waals surface area (Å²) in [5.41, 5.74) is 0. The molecule has 1 aliphatic carbocycles. The minimum atomic E-state index is -0.258. The second-order valence-corrected chi connectivity index (χ2v) is 5.02. The van der Waals surface area contributed by atoms with E-state index in [1.807, 2.05) is 0 Å². The molecule has 1 aromatic rings. The number of amides is 1. The number of nitrogens with zero attached hydrogens (tertiary/aromatic N) is 2. The number of carbonyl (C=O) groups is 1. The largest absolute Gasteiger partial charge is 0.393 e. The number of nitrogens with one attached hydrogen (secondary N) is 1. The number of aliphatic hydroxyl groups excluding tert-OH is 1. The third-order valence-corrected chi connectivity index (χ3v) is 3.19. The summed E-state index contributed by atoms with van der Waals surface area (Å²) in [5.74, 6) is 0.634. The summed E-state index contributed by atoms with van der Waals surface area (Å²) < 4.78 is 0. The van der Waals surface area contributed by atoms with Crippen molar-refractivity contribution >= 4 is 23.3 Å². The van der Waals surface area contributed by atoms with Gasteiger partial charge in [0.1, 0.15) is 5.82 Å². The van der Waals surface area contributed by atoms with Crippen LogP contribution in [0, 0.1) is 0 Å². The van der Waals surface area contributed by atoms with E-state index in [-0.39, 0.29) is 24.6 Å². The van der Waals surface area contributed by atoms with E-state index in [0.717, 1.165) is 0 Å². The first-order valence-corrected chi connectivity index (χ1v) is 6.22. The Morgan fingerprint density at radius 3 is 2.89 bits per heavy atom. The number of halogens is 1. The van der Waals surface area contributed by atoms with Crippen molar-refractivity contribution in [1.29, 1.82) is 0 Å². The van der Waals surface area contributed by atoms with E-state index < -0.39 is 0 Å². The Morgan fingerprint density at radius 2 is 2.33 bits per heavy atom. The molecule has 0 spiro atoms. The van der Waals surface area contributed by atoms with Gasteiger partial charge in [0.2, 0.25) is 5.91 Å². The van der Waals surface area contributed by atoms with E-state index in [9.17, 15) is 4.79 Å². The molecule has 0 aliphatic heterocycles. The Hall–Kier alpha value is -1.33. The van der Waals surface area contributed by atoms with Crippen LogP contribution in [-0.2, 0) is 4.79 Å². The van der Waals surface area contributed by atoms with Crippen molar-refractivity contribution < 1.29 is 9.90 Å². The van der Waals surface area contributed by atoms with Gasteiger partial charge in [0.15, 0.2) is 0 Å². The van der Waals surface area contributed by atoms with Gasteiger partial charge in [0.25, 0.3) is 0 Å². The minimum Gasteiger partial charge on any atom is -0.393 e. The highest BCUT2D eigenvalue weighted by Gasteiger charge is 2.28. The molecule has 1 saturated carbocycles. The number of hydrogen-bond acceptors (Lipinski definition) is 4. The zero-order valence-corrected chi connectivity index (χ0v) is 10.9.